The van der Waals surface area contributed by atoms with Gasteiger partial charge in [0.2, 0.25) is 0 Å². The van der Waals surface area contributed by atoms with E-state index in [9.17, 15) is 13.8 Å². The Kier molecular flexibility index (Phi) is 10.9. The van der Waals surface area contributed by atoms with Crippen molar-refractivity contribution in [2.75, 3.05) is 37.5 Å². The van der Waals surface area contributed by atoms with Gasteiger partial charge in [-0.25, -0.2) is 4.21 Å². The van der Waals surface area contributed by atoms with Crippen LogP contribution in [0.2, 0.25) is 5.02 Å². The largest absolute Gasteiger partial charge is 0.491 e. The Hall–Kier alpha value is -3.64. The molecule has 1 saturated carbocycles. The van der Waals surface area contributed by atoms with Crippen molar-refractivity contribution in [1.29, 1.82) is 0 Å². The number of aromatic nitrogens is 1. The maximum atomic E-state index is 14.6. The molecular weight excluding hydrogens is 688 g/mol. The molecule has 7 rings (SSSR count). The second-order valence-electron chi connectivity index (χ2n) is 14.4. The van der Waals surface area contributed by atoms with Gasteiger partial charge in [0.1, 0.15) is 15.7 Å². The molecule has 4 aliphatic rings. The standard InChI is InChI=1S/C39H47ClN4O6S/c1-26-6-5-8-36(48-2)34-13-10-30(34)22-44-21-29-9-12-32(40)18-27(29)7-3-4-16-50-37-14-11-28(20-35(37)44)38(45)41-51(47,25-26)42-39(46)31-19-33-24-49-17-15-43(33)23-31/h5,8-9,11-12,14,18-20,23,26,30,34,36H,3-4,6-7,10,13,15-17,21-22,24-25H2,1-2H3,(H,41,42,45,46,47)/b8-5+/t26-,30-,34+,36-,51?/m0/s1. The molecule has 1 unspecified atom stereocenters. The Bertz CT molecular complexity index is 1910. The molecule has 2 aromatic carbocycles. The number of nitrogens with one attached hydrogen (secondary N) is 1. The zero-order valence-corrected chi connectivity index (χ0v) is 30.9. The quantitative estimate of drug-likeness (QED) is 0.289. The van der Waals surface area contributed by atoms with Crippen LogP contribution >= 0.6 is 11.6 Å². The van der Waals surface area contributed by atoms with E-state index >= 15 is 0 Å². The molecule has 2 amide bonds. The van der Waals surface area contributed by atoms with Crippen molar-refractivity contribution < 1.29 is 28.0 Å². The molecule has 1 aliphatic carbocycles. The fourth-order valence-corrected chi connectivity index (χ4v) is 9.81. The molecule has 51 heavy (non-hydrogen) atoms. The number of halogens is 1. The van der Waals surface area contributed by atoms with Crippen molar-refractivity contribution in [3.05, 3.63) is 93.8 Å². The van der Waals surface area contributed by atoms with Crippen LogP contribution < -0.4 is 14.4 Å². The van der Waals surface area contributed by atoms with Crippen molar-refractivity contribution in [2.24, 2.45) is 22.1 Å². The van der Waals surface area contributed by atoms with Gasteiger partial charge >= 0.3 is 0 Å². The van der Waals surface area contributed by atoms with Gasteiger partial charge in [-0.3, -0.25) is 14.3 Å². The smallest absolute Gasteiger partial charge is 0.286 e. The Morgan fingerprint density at radius 2 is 1.98 bits per heavy atom. The van der Waals surface area contributed by atoms with E-state index in [0.29, 0.717) is 67.5 Å². The van der Waals surface area contributed by atoms with E-state index in [1.165, 1.54) is 11.1 Å². The van der Waals surface area contributed by atoms with Crippen molar-refractivity contribution >= 4 is 39.0 Å². The van der Waals surface area contributed by atoms with Crippen LogP contribution in [0.5, 0.6) is 5.75 Å². The molecule has 0 saturated heterocycles. The summed E-state index contributed by atoms with van der Waals surface area (Å²) in [6, 6.07) is 13.2. The molecule has 3 aromatic rings. The van der Waals surface area contributed by atoms with Crippen molar-refractivity contribution in [1.82, 2.24) is 9.29 Å². The van der Waals surface area contributed by atoms with E-state index in [0.717, 1.165) is 50.0 Å². The van der Waals surface area contributed by atoms with Crippen molar-refractivity contribution in [2.45, 2.75) is 71.2 Å². The van der Waals surface area contributed by atoms with Crippen LogP contribution in [0.1, 0.15) is 76.6 Å². The van der Waals surface area contributed by atoms with E-state index < -0.39 is 21.7 Å². The summed E-state index contributed by atoms with van der Waals surface area (Å²) in [7, 11) is -1.78. The third-order valence-corrected chi connectivity index (χ3v) is 12.9. The van der Waals surface area contributed by atoms with Gasteiger partial charge in [0, 0.05) is 49.2 Å². The summed E-state index contributed by atoms with van der Waals surface area (Å²) in [5.41, 5.74) is 4.69. The van der Waals surface area contributed by atoms with Crippen LogP contribution in [-0.4, -0.2) is 59.3 Å². The number of benzene rings is 2. The number of carbonyl (C=O) groups excluding carboxylic acids is 2. The zero-order chi connectivity index (χ0) is 35.5. The van der Waals surface area contributed by atoms with E-state index in [1.807, 2.05) is 29.7 Å². The highest BCUT2D eigenvalue weighted by molar-refractivity contribution is 7.92. The number of fused-ring (bicyclic) bond motifs is 4. The van der Waals surface area contributed by atoms with E-state index in [-0.39, 0.29) is 23.3 Å². The number of hydrogen-bond acceptors (Lipinski definition) is 7. The highest BCUT2D eigenvalue weighted by Crippen LogP contribution is 2.42. The maximum Gasteiger partial charge on any atom is 0.286 e. The number of carbonyl (C=O) groups is 2. The normalized spacial score (nSPS) is 27.6. The molecule has 1 aromatic heterocycles. The van der Waals surface area contributed by atoms with Crippen molar-refractivity contribution in [3.8, 4) is 5.75 Å². The summed E-state index contributed by atoms with van der Waals surface area (Å²) in [4.78, 5) is 29.9. The predicted octanol–water partition coefficient (Wildman–Crippen LogP) is 6.98. The monoisotopic (exact) mass is 734 g/mol. The topological polar surface area (TPSA) is 111 Å². The Balaban J connectivity index is 1.30. The van der Waals surface area contributed by atoms with Gasteiger partial charge in [0.05, 0.1) is 42.9 Å². The average Bonchev–Trinajstić information content (AvgIpc) is 3.53. The summed E-state index contributed by atoms with van der Waals surface area (Å²) in [5, 5.41) is 0.715. The molecule has 5 atom stereocenters. The number of ether oxygens (including phenoxy) is 3. The zero-order valence-electron chi connectivity index (χ0n) is 29.4. The van der Waals surface area contributed by atoms with Crippen LogP contribution in [0.15, 0.2) is 65.2 Å². The first-order chi connectivity index (χ1) is 24.7. The van der Waals surface area contributed by atoms with Crippen LogP contribution in [0, 0.1) is 17.8 Å². The lowest BCUT2D eigenvalue weighted by Crippen LogP contribution is -2.43. The van der Waals surface area contributed by atoms with Gasteiger partial charge in [-0.05, 0) is 104 Å². The molecule has 3 aliphatic heterocycles. The molecule has 4 heterocycles. The number of allylic oxidation sites excluding steroid dienone is 1. The lowest BCUT2D eigenvalue weighted by Gasteiger charge is -2.43. The minimum absolute atomic E-state index is 0.00865. The predicted molar refractivity (Wildman–Crippen MR) is 199 cm³/mol. The Morgan fingerprint density at radius 3 is 2.78 bits per heavy atom. The third-order valence-electron chi connectivity index (χ3n) is 10.6. The molecule has 272 valence electrons. The summed E-state index contributed by atoms with van der Waals surface area (Å²) < 4.78 is 41.5. The number of aryl methyl sites for hydroxylation is 1. The third kappa shape index (κ3) is 8.22. The summed E-state index contributed by atoms with van der Waals surface area (Å²) >= 11 is 6.47. The lowest BCUT2D eigenvalue weighted by molar-refractivity contribution is 0.0133. The number of rotatable bonds is 3. The first-order valence-corrected chi connectivity index (χ1v) is 20.1. The van der Waals surface area contributed by atoms with Gasteiger partial charge in [0.25, 0.3) is 11.8 Å². The van der Waals surface area contributed by atoms with Crippen molar-refractivity contribution in [3.63, 3.8) is 0 Å². The molecule has 1 N–H and O–H groups in total. The van der Waals surface area contributed by atoms with E-state index in [1.54, 1.807) is 25.4 Å². The first-order valence-electron chi connectivity index (χ1n) is 18.0. The van der Waals surface area contributed by atoms with Crippen LogP contribution in [0.4, 0.5) is 5.69 Å². The van der Waals surface area contributed by atoms with Gasteiger partial charge in [-0.2, -0.15) is 0 Å². The second kappa shape index (κ2) is 15.5. The molecular formula is C39H47ClN4O6S. The Labute approximate surface area is 305 Å². The van der Waals surface area contributed by atoms with Crippen LogP contribution in [-0.2, 0) is 45.5 Å². The maximum absolute atomic E-state index is 14.6. The highest BCUT2D eigenvalue weighted by atomic mass is 35.5. The summed E-state index contributed by atoms with van der Waals surface area (Å²) in [6.07, 6.45) is 11.3. The minimum atomic E-state index is -3.54. The fourth-order valence-electron chi connectivity index (χ4n) is 7.73. The summed E-state index contributed by atoms with van der Waals surface area (Å²) in [5.74, 6) is 0.0549. The SMILES string of the molecule is CO[C@H]1/C=C/C[C@H](C)CS(=O)(NC(=O)c2cc3n(c2)CCOC3)=NC(=O)c2ccc3c(c2)N(Cc2ccc(Cl)cc2CCCCO3)C[C@@H]2CC[C@H]21. The number of amides is 2. The lowest BCUT2D eigenvalue weighted by atomic mass is 9.70. The first kappa shape index (κ1) is 35.7. The Morgan fingerprint density at radius 1 is 1.10 bits per heavy atom. The average molecular weight is 735 g/mol. The molecule has 12 heteroatoms. The second-order valence-corrected chi connectivity index (χ2v) is 16.8. The summed E-state index contributed by atoms with van der Waals surface area (Å²) in [6.45, 7) is 5.42. The number of nitrogens with zero attached hydrogens (tertiary/aromatic N) is 3. The fraction of sp³-hybridized carbons (Fsp3) is 0.487. The molecule has 0 radical (unpaired) electrons. The van der Waals surface area contributed by atoms with Crippen LogP contribution in [0.25, 0.3) is 0 Å². The molecule has 2 bridgehead atoms. The van der Waals surface area contributed by atoms with Gasteiger partial charge in [-0.15, -0.1) is 4.36 Å². The molecule has 10 nitrogen and oxygen atoms in total. The number of anilines is 1. The van der Waals surface area contributed by atoms with E-state index in [2.05, 4.69) is 38.3 Å². The molecule has 0 spiro atoms. The minimum Gasteiger partial charge on any atom is -0.491 e. The number of methoxy groups -OCH3 is 1. The van der Waals surface area contributed by atoms with Gasteiger partial charge < -0.3 is 23.7 Å². The highest BCUT2D eigenvalue weighted by Gasteiger charge is 2.38. The van der Waals surface area contributed by atoms with Gasteiger partial charge in [0.15, 0.2) is 0 Å². The van der Waals surface area contributed by atoms with Gasteiger partial charge in [-0.1, -0.05) is 36.7 Å². The van der Waals surface area contributed by atoms with Crippen LogP contribution in [0.3, 0.4) is 0 Å². The van der Waals surface area contributed by atoms with E-state index in [4.69, 9.17) is 25.8 Å². The molecule has 1 fully saturated rings. The number of hydrogen-bond donors (Lipinski definition) is 1.